The van der Waals surface area contributed by atoms with Crippen molar-refractivity contribution in [2.45, 2.75) is 39.2 Å². The van der Waals surface area contributed by atoms with Crippen LogP contribution in [0.5, 0.6) is 11.5 Å². The number of rotatable bonds is 8. The highest BCUT2D eigenvalue weighted by Gasteiger charge is 2.44. The van der Waals surface area contributed by atoms with E-state index in [0.29, 0.717) is 74.5 Å². The average Bonchev–Trinajstić information content (AvgIpc) is 2.86. The molecule has 0 saturated carbocycles. The zero-order valence-electron chi connectivity index (χ0n) is 22.2. The number of hydrogen-bond donors (Lipinski definition) is 1. The van der Waals surface area contributed by atoms with Crippen molar-refractivity contribution in [2.75, 3.05) is 27.4 Å². The van der Waals surface area contributed by atoms with Gasteiger partial charge in [0.2, 0.25) is 0 Å². The first-order valence-corrected chi connectivity index (χ1v) is 13.9. The fourth-order valence-electron chi connectivity index (χ4n) is 5.16. The summed E-state index contributed by atoms with van der Waals surface area (Å²) >= 11 is 16.0. The summed E-state index contributed by atoms with van der Waals surface area (Å²) < 4.78 is 17.7. The number of carbonyl (C=O) groups excluding carboxylic acids is 1. The SMILES string of the molecule is COCCN1C(N)=C(C#N)[C@H](c2cc(OC)c(OCc3ccc(Cl)cc3Cl)cc2Br)C2=C1CC(C)(C)CC2=O. The van der Waals surface area contributed by atoms with Gasteiger partial charge >= 0.3 is 0 Å². The molecule has 1 atom stereocenters. The van der Waals surface area contributed by atoms with Crippen molar-refractivity contribution in [1.29, 1.82) is 5.26 Å². The molecule has 2 N–H and O–H groups in total. The number of carbonyl (C=O) groups is 1. The molecular weight excluding hydrogens is 605 g/mol. The van der Waals surface area contributed by atoms with Crippen molar-refractivity contribution in [2.24, 2.45) is 11.1 Å². The third-order valence-electron chi connectivity index (χ3n) is 7.00. The molecule has 10 heteroatoms. The molecule has 1 aliphatic carbocycles. The Morgan fingerprint density at radius 2 is 1.92 bits per heavy atom. The molecule has 2 aromatic carbocycles. The lowest BCUT2D eigenvalue weighted by atomic mass is 9.68. The Hall–Kier alpha value is -2.70. The van der Waals surface area contributed by atoms with Gasteiger partial charge in [-0.25, -0.2) is 0 Å². The van der Waals surface area contributed by atoms with Gasteiger partial charge in [-0.15, -0.1) is 0 Å². The smallest absolute Gasteiger partial charge is 0.162 e. The Kier molecular flexibility index (Phi) is 8.87. The highest BCUT2D eigenvalue weighted by atomic mass is 79.9. The lowest BCUT2D eigenvalue weighted by Gasteiger charge is -2.44. The normalized spacial score (nSPS) is 18.7. The van der Waals surface area contributed by atoms with Crippen molar-refractivity contribution < 1.29 is 19.0 Å². The summed E-state index contributed by atoms with van der Waals surface area (Å²) in [6.07, 6.45) is 1.02. The van der Waals surface area contributed by atoms with E-state index in [1.165, 1.54) is 7.11 Å². The number of nitrogens with zero attached hydrogens (tertiary/aromatic N) is 2. The summed E-state index contributed by atoms with van der Waals surface area (Å²) in [5.41, 5.74) is 9.55. The van der Waals surface area contributed by atoms with Gasteiger partial charge in [0.1, 0.15) is 12.4 Å². The van der Waals surface area contributed by atoms with Crippen LogP contribution >= 0.6 is 39.1 Å². The fourth-order valence-corrected chi connectivity index (χ4v) is 6.18. The molecule has 206 valence electrons. The van der Waals surface area contributed by atoms with Crippen LogP contribution < -0.4 is 15.2 Å². The lowest BCUT2D eigenvalue weighted by molar-refractivity contribution is -0.118. The highest BCUT2D eigenvalue weighted by molar-refractivity contribution is 9.10. The molecule has 0 fully saturated rings. The van der Waals surface area contributed by atoms with Gasteiger partial charge < -0.3 is 24.8 Å². The molecule has 7 nitrogen and oxygen atoms in total. The molecule has 1 aliphatic heterocycles. The monoisotopic (exact) mass is 633 g/mol. The number of allylic oxidation sites excluding steroid dienone is 3. The molecule has 2 aromatic rings. The molecular formula is C29H30BrCl2N3O4. The maximum Gasteiger partial charge on any atom is 0.162 e. The van der Waals surface area contributed by atoms with Gasteiger partial charge in [0.15, 0.2) is 17.3 Å². The van der Waals surface area contributed by atoms with Crippen molar-refractivity contribution in [3.63, 3.8) is 0 Å². The molecule has 0 unspecified atom stereocenters. The Balaban J connectivity index is 1.80. The Labute approximate surface area is 247 Å². The maximum atomic E-state index is 13.7. The molecule has 2 aliphatic rings. The van der Waals surface area contributed by atoms with E-state index < -0.39 is 5.92 Å². The van der Waals surface area contributed by atoms with E-state index in [1.807, 2.05) is 4.90 Å². The van der Waals surface area contributed by atoms with E-state index in [2.05, 4.69) is 35.8 Å². The minimum absolute atomic E-state index is 0.00232. The maximum absolute atomic E-state index is 13.7. The third-order valence-corrected chi connectivity index (χ3v) is 8.27. The molecule has 1 heterocycles. The van der Waals surface area contributed by atoms with Crippen molar-refractivity contribution in [1.82, 2.24) is 4.90 Å². The van der Waals surface area contributed by atoms with Gasteiger partial charge in [-0.1, -0.05) is 59.0 Å². The number of benzene rings is 2. The van der Waals surface area contributed by atoms with Gasteiger partial charge in [-0.3, -0.25) is 4.79 Å². The van der Waals surface area contributed by atoms with E-state index >= 15 is 0 Å². The number of nitrogens with two attached hydrogens (primary N) is 1. The third kappa shape index (κ3) is 5.92. The lowest BCUT2D eigenvalue weighted by Crippen LogP contribution is -2.43. The highest BCUT2D eigenvalue weighted by Crippen LogP contribution is 2.51. The topological polar surface area (TPSA) is 97.8 Å². The summed E-state index contributed by atoms with van der Waals surface area (Å²) in [5, 5.41) is 11.3. The van der Waals surface area contributed by atoms with Crippen molar-refractivity contribution in [3.05, 3.63) is 78.6 Å². The number of halogens is 3. The number of Topliss-reactive ketones (excluding diaryl/α,β-unsaturated/α-hetero) is 1. The van der Waals surface area contributed by atoms with E-state index in [0.717, 1.165) is 11.3 Å². The van der Waals surface area contributed by atoms with Crippen molar-refractivity contribution >= 4 is 44.9 Å². The first kappa shape index (κ1) is 29.3. The number of methoxy groups -OCH3 is 2. The van der Waals surface area contributed by atoms with Crippen LogP contribution in [0.25, 0.3) is 0 Å². The largest absolute Gasteiger partial charge is 0.493 e. The summed E-state index contributed by atoms with van der Waals surface area (Å²) in [6, 6.07) is 11.1. The molecule has 0 aromatic heterocycles. The zero-order chi connectivity index (χ0) is 28.5. The molecule has 0 spiro atoms. The fraction of sp³-hybridized carbons (Fsp3) is 0.379. The first-order valence-electron chi connectivity index (χ1n) is 12.4. The van der Waals surface area contributed by atoms with Gasteiger partial charge in [-0.05, 0) is 41.7 Å². The van der Waals surface area contributed by atoms with E-state index in [-0.39, 0.29) is 17.8 Å². The van der Waals surface area contributed by atoms with Gasteiger partial charge in [0.25, 0.3) is 0 Å². The minimum atomic E-state index is -0.657. The Morgan fingerprint density at radius 1 is 1.18 bits per heavy atom. The predicted octanol–water partition coefficient (Wildman–Crippen LogP) is 6.73. The molecule has 4 rings (SSSR count). The zero-order valence-corrected chi connectivity index (χ0v) is 25.3. The van der Waals surface area contributed by atoms with E-state index in [4.69, 9.17) is 43.1 Å². The molecule has 0 amide bonds. The van der Waals surface area contributed by atoms with Crippen LogP contribution in [0.2, 0.25) is 10.0 Å². The minimum Gasteiger partial charge on any atom is -0.493 e. The van der Waals surface area contributed by atoms with Gasteiger partial charge in [0, 0.05) is 51.4 Å². The first-order chi connectivity index (χ1) is 18.5. The number of ether oxygens (including phenoxy) is 3. The molecule has 0 bridgehead atoms. The van der Waals surface area contributed by atoms with Crippen LogP contribution in [0.4, 0.5) is 0 Å². The predicted molar refractivity (Wildman–Crippen MR) is 155 cm³/mol. The number of ketones is 1. The van der Waals surface area contributed by atoms with Crippen LogP contribution in [0.15, 0.2) is 57.5 Å². The van der Waals surface area contributed by atoms with Crippen LogP contribution in [-0.2, 0) is 16.1 Å². The second kappa shape index (κ2) is 11.8. The summed E-state index contributed by atoms with van der Waals surface area (Å²) in [6.45, 7) is 5.16. The summed E-state index contributed by atoms with van der Waals surface area (Å²) in [7, 11) is 3.15. The van der Waals surface area contributed by atoms with E-state index in [1.54, 1.807) is 37.4 Å². The molecule has 0 saturated heterocycles. The Bertz CT molecular complexity index is 1410. The summed E-state index contributed by atoms with van der Waals surface area (Å²) in [4.78, 5) is 15.5. The number of nitriles is 1. The Morgan fingerprint density at radius 3 is 2.56 bits per heavy atom. The van der Waals surface area contributed by atoms with Crippen LogP contribution in [-0.4, -0.2) is 38.1 Å². The standard InChI is InChI=1S/C29H30BrCl2N3O4/c1-29(2)12-22-27(23(36)13-29)26(19(14-33)28(34)35(22)7-8-37-3)18-10-24(38-4)25(11-20(18)30)39-15-16-5-6-17(31)9-21(16)32/h5-6,9-11,26H,7-8,12-13,15,34H2,1-4H3/t26-/m0/s1. The van der Waals surface area contributed by atoms with Crippen molar-refractivity contribution in [3.8, 4) is 17.6 Å². The van der Waals surface area contributed by atoms with Crippen LogP contribution in [0.1, 0.15) is 43.7 Å². The second-order valence-electron chi connectivity index (χ2n) is 10.3. The second-order valence-corrected chi connectivity index (χ2v) is 12.0. The quantitative estimate of drug-likeness (QED) is 0.344. The molecule has 39 heavy (non-hydrogen) atoms. The van der Waals surface area contributed by atoms with E-state index in [9.17, 15) is 10.1 Å². The number of hydrogen-bond acceptors (Lipinski definition) is 7. The van der Waals surface area contributed by atoms with Gasteiger partial charge in [-0.2, -0.15) is 5.26 Å². The summed E-state index contributed by atoms with van der Waals surface area (Å²) in [5.74, 6) is 0.583. The van der Waals surface area contributed by atoms with Crippen LogP contribution in [0.3, 0.4) is 0 Å². The average molecular weight is 635 g/mol. The van der Waals surface area contributed by atoms with Gasteiger partial charge in [0.05, 0.1) is 31.3 Å². The molecule has 0 radical (unpaired) electrons. The van der Waals surface area contributed by atoms with Crippen LogP contribution in [0, 0.1) is 16.7 Å².